The number of carbonyl (C=O) groups is 1. The number of carboxylic acid groups (broad SMARTS) is 1. The maximum absolute atomic E-state index is 10.4. The highest BCUT2D eigenvalue weighted by Gasteiger charge is 2.10. The van der Waals surface area contributed by atoms with E-state index in [1.165, 1.54) is 0 Å². The zero-order valence-electron chi connectivity index (χ0n) is 6.88. The number of nitrogens with two attached hydrogens (primary N) is 1. The average molecular weight is 193 g/mol. The van der Waals surface area contributed by atoms with Crippen LogP contribution in [0.4, 0.5) is 4.79 Å². The van der Waals surface area contributed by atoms with Crippen LogP contribution in [0.15, 0.2) is 0 Å². The van der Waals surface area contributed by atoms with Crippen molar-refractivity contribution in [1.29, 1.82) is 0 Å². The summed E-state index contributed by atoms with van der Waals surface area (Å²) in [4.78, 5) is 25.0. The number of amides is 1. The molecule has 0 rings (SSSR count). The minimum absolute atomic E-state index is 0.0620. The Hall–Kier alpha value is -1.57. The zero-order chi connectivity index (χ0) is 10.3. The summed E-state index contributed by atoms with van der Waals surface area (Å²) < 4.78 is 0. The Balaban J connectivity index is 3.69. The molecule has 0 saturated heterocycles. The zero-order valence-corrected chi connectivity index (χ0v) is 6.88. The van der Waals surface area contributed by atoms with Gasteiger partial charge in [-0.05, 0) is 0 Å². The van der Waals surface area contributed by atoms with Crippen molar-refractivity contribution >= 4 is 6.09 Å². The molecule has 8 nitrogen and oxygen atoms in total. The Morgan fingerprint density at radius 2 is 2.23 bits per heavy atom. The lowest BCUT2D eigenvalue weighted by molar-refractivity contribution is -0.757. The molecule has 0 aromatic carbocycles. The SMILES string of the molecule is NCCN(CCO[N+](=O)[O-])C(=O)O. The third-order valence-corrected chi connectivity index (χ3v) is 1.23. The van der Waals surface area contributed by atoms with Crippen LogP contribution in [-0.4, -0.2) is 47.4 Å². The Kier molecular flexibility index (Phi) is 5.28. The quantitative estimate of drug-likeness (QED) is 0.418. The van der Waals surface area contributed by atoms with E-state index in [2.05, 4.69) is 4.84 Å². The first-order valence-corrected chi connectivity index (χ1v) is 3.53. The normalized spacial score (nSPS) is 9.31. The van der Waals surface area contributed by atoms with Gasteiger partial charge in [0, 0.05) is 19.6 Å². The van der Waals surface area contributed by atoms with Gasteiger partial charge in [0.2, 0.25) is 0 Å². The van der Waals surface area contributed by atoms with Gasteiger partial charge in [-0.1, -0.05) is 0 Å². The van der Waals surface area contributed by atoms with Gasteiger partial charge in [0.15, 0.2) is 0 Å². The fourth-order valence-corrected chi connectivity index (χ4v) is 0.684. The van der Waals surface area contributed by atoms with Crippen molar-refractivity contribution in [3.05, 3.63) is 10.1 Å². The fraction of sp³-hybridized carbons (Fsp3) is 0.800. The average Bonchev–Trinajstić information content (AvgIpc) is 2.02. The van der Waals surface area contributed by atoms with E-state index in [0.717, 1.165) is 4.90 Å². The van der Waals surface area contributed by atoms with Gasteiger partial charge >= 0.3 is 6.09 Å². The largest absolute Gasteiger partial charge is 0.465 e. The first kappa shape index (κ1) is 11.4. The highest BCUT2D eigenvalue weighted by Crippen LogP contribution is 1.88. The first-order chi connectivity index (χ1) is 6.07. The summed E-state index contributed by atoms with van der Waals surface area (Å²) in [6.45, 7) is -0.0337. The maximum atomic E-state index is 10.4. The molecule has 0 bridgehead atoms. The lowest BCUT2D eigenvalue weighted by Gasteiger charge is -2.16. The topological polar surface area (TPSA) is 119 Å². The number of hydrogen-bond acceptors (Lipinski definition) is 5. The van der Waals surface area contributed by atoms with Crippen LogP contribution in [0, 0.1) is 10.1 Å². The molecule has 0 atom stereocenters. The van der Waals surface area contributed by atoms with Gasteiger partial charge in [-0.15, -0.1) is 10.1 Å². The summed E-state index contributed by atoms with van der Waals surface area (Å²) >= 11 is 0. The molecule has 0 fully saturated rings. The molecule has 0 aliphatic heterocycles. The Morgan fingerprint density at radius 3 is 2.62 bits per heavy atom. The number of rotatable bonds is 6. The first-order valence-electron chi connectivity index (χ1n) is 3.53. The van der Waals surface area contributed by atoms with E-state index in [-0.39, 0.29) is 26.2 Å². The lowest BCUT2D eigenvalue weighted by atomic mass is 10.5. The van der Waals surface area contributed by atoms with Crippen molar-refractivity contribution in [2.45, 2.75) is 0 Å². The molecule has 0 aliphatic carbocycles. The van der Waals surface area contributed by atoms with Gasteiger partial charge in [0.25, 0.3) is 5.09 Å². The van der Waals surface area contributed by atoms with Crippen molar-refractivity contribution in [3.8, 4) is 0 Å². The second kappa shape index (κ2) is 6.00. The monoisotopic (exact) mass is 193 g/mol. The molecule has 13 heavy (non-hydrogen) atoms. The van der Waals surface area contributed by atoms with Gasteiger partial charge in [-0.25, -0.2) is 4.79 Å². The summed E-state index contributed by atoms with van der Waals surface area (Å²) in [6.07, 6.45) is -1.17. The summed E-state index contributed by atoms with van der Waals surface area (Å²) in [5, 5.41) is 17.2. The molecular formula is C5H11N3O5. The van der Waals surface area contributed by atoms with E-state index < -0.39 is 11.2 Å². The minimum atomic E-state index is -1.17. The second-order valence-electron chi connectivity index (χ2n) is 2.12. The molecule has 0 aliphatic rings. The Bertz CT molecular complexity index is 185. The van der Waals surface area contributed by atoms with Gasteiger partial charge < -0.3 is 20.6 Å². The Morgan fingerprint density at radius 1 is 1.62 bits per heavy atom. The van der Waals surface area contributed by atoms with Gasteiger partial charge in [-0.2, -0.15) is 0 Å². The van der Waals surface area contributed by atoms with Crippen molar-refractivity contribution in [2.24, 2.45) is 5.73 Å². The van der Waals surface area contributed by atoms with Crippen LogP contribution in [0.3, 0.4) is 0 Å². The van der Waals surface area contributed by atoms with Crippen molar-refractivity contribution in [1.82, 2.24) is 4.90 Å². The maximum Gasteiger partial charge on any atom is 0.407 e. The molecule has 0 spiro atoms. The standard InChI is InChI=1S/C5H11N3O5/c6-1-2-7(5(9)10)3-4-13-8(11)12/h1-4,6H2,(H,9,10). The summed E-state index contributed by atoms with van der Waals surface area (Å²) in [7, 11) is 0. The van der Waals surface area contributed by atoms with Crippen LogP contribution in [0.5, 0.6) is 0 Å². The van der Waals surface area contributed by atoms with E-state index >= 15 is 0 Å². The third-order valence-electron chi connectivity index (χ3n) is 1.23. The molecule has 1 amide bonds. The van der Waals surface area contributed by atoms with E-state index in [9.17, 15) is 14.9 Å². The van der Waals surface area contributed by atoms with Crippen LogP contribution < -0.4 is 5.73 Å². The fourth-order valence-electron chi connectivity index (χ4n) is 0.684. The van der Waals surface area contributed by atoms with E-state index in [0.29, 0.717) is 0 Å². The molecule has 0 saturated carbocycles. The molecule has 8 heteroatoms. The van der Waals surface area contributed by atoms with E-state index in [1.807, 2.05) is 0 Å². The summed E-state index contributed by atoms with van der Waals surface area (Å²) in [6, 6.07) is 0. The van der Waals surface area contributed by atoms with Crippen LogP contribution in [0.1, 0.15) is 0 Å². The van der Waals surface area contributed by atoms with Crippen molar-refractivity contribution < 1.29 is 19.8 Å². The molecule has 0 unspecified atom stereocenters. The molecule has 0 aromatic heterocycles. The predicted octanol–water partition coefficient (Wildman–Crippen LogP) is -0.867. The van der Waals surface area contributed by atoms with Crippen molar-refractivity contribution in [3.63, 3.8) is 0 Å². The molecule has 0 aromatic rings. The highest BCUT2D eigenvalue weighted by molar-refractivity contribution is 5.64. The van der Waals surface area contributed by atoms with E-state index in [4.69, 9.17) is 10.8 Å². The van der Waals surface area contributed by atoms with Crippen LogP contribution in [0.25, 0.3) is 0 Å². The third kappa shape index (κ3) is 5.67. The highest BCUT2D eigenvalue weighted by atomic mass is 16.9. The van der Waals surface area contributed by atoms with Crippen molar-refractivity contribution in [2.75, 3.05) is 26.2 Å². The van der Waals surface area contributed by atoms with Gasteiger partial charge in [0.1, 0.15) is 6.61 Å². The lowest BCUT2D eigenvalue weighted by Crippen LogP contribution is -2.36. The Labute approximate surface area is 74.0 Å². The number of hydrogen-bond donors (Lipinski definition) is 2. The van der Waals surface area contributed by atoms with Crippen LogP contribution in [-0.2, 0) is 4.84 Å². The van der Waals surface area contributed by atoms with E-state index in [1.54, 1.807) is 0 Å². The molecule has 0 radical (unpaired) electrons. The van der Waals surface area contributed by atoms with Crippen LogP contribution in [0.2, 0.25) is 0 Å². The predicted molar refractivity (Wildman–Crippen MR) is 41.6 cm³/mol. The van der Waals surface area contributed by atoms with Gasteiger partial charge in [0.05, 0.1) is 0 Å². The van der Waals surface area contributed by atoms with Crippen LogP contribution >= 0.6 is 0 Å². The molecule has 0 heterocycles. The number of nitrogens with zero attached hydrogens (tertiary/aromatic N) is 2. The smallest absolute Gasteiger partial charge is 0.407 e. The van der Waals surface area contributed by atoms with Gasteiger partial charge in [-0.3, -0.25) is 0 Å². The summed E-state index contributed by atoms with van der Waals surface area (Å²) in [5.74, 6) is 0. The second-order valence-corrected chi connectivity index (χ2v) is 2.12. The molecule has 3 N–H and O–H groups in total. The molecular weight excluding hydrogens is 182 g/mol. The molecule has 76 valence electrons. The summed E-state index contributed by atoms with van der Waals surface area (Å²) in [5.41, 5.74) is 5.12. The minimum Gasteiger partial charge on any atom is -0.465 e.